The fourth-order valence-corrected chi connectivity index (χ4v) is 4.16. The minimum atomic E-state index is -0.485. The third-order valence-corrected chi connectivity index (χ3v) is 5.68. The second kappa shape index (κ2) is 7.72. The summed E-state index contributed by atoms with van der Waals surface area (Å²) in [4.78, 5) is 13.3. The molecular weight excluding hydrogens is 373 g/mol. The first kappa shape index (κ1) is 19.2. The van der Waals surface area contributed by atoms with Gasteiger partial charge in [-0.15, -0.1) is 0 Å². The summed E-state index contributed by atoms with van der Waals surface area (Å²) >= 11 is 0. The average molecular weight is 395 g/mol. The van der Waals surface area contributed by atoms with Gasteiger partial charge in [-0.05, 0) is 61.6 Å². The van der Waals surface area contributed by atoms with E-state index < -0.39 is 5.82 Å². The van der Waals surface area contributed by atoms with E-state index in [2.05, 4.69) is 6.07 Å². The molecule has 0 radical (unpaired) electrons. The van der Waals surface area contributed by atoms with Crippen molar-refractivity contribution < 1.29 is 14.2 Å². The summed E-state index contributed by atoms with van der Waals surface area (Å²) < 4.78 is 22.4. The summed E-state index contributed by atoms with van der Waals surface area (Å²) in [6.45, 7) is 0.188. The number of nitrogens with zero attached hydrogens (tertiary/aromatic N) is 3. The molecular formula is C22H22FN3O3. The van der Waals surface area contributed by atoms with E-state index >= 15 is 0 Å². The number of hydrogen-bond acceptors (Lipinski definition) is 4. The minimum absolute atomic E-state index is 0.00445. The lowest BCUT2D eigenvalue weighted by atomic mass is 9.93. The molecule has 150 valence electrons. The Morgan fingerprint density at radius 3 is 2.59 bits per heavy atom. The first-order valence-electron chi connectivity index (χ1n) is 9.67. The molecule has 1 aliphatic carbocycles. The van der Waals surface area contributed by atoms with Gasteiger partial charge in [0.15, 0.2) is 11.6 Å². The van der Waals surface area contributed by atoms with Gasteiger partial charge in [0.05, 0.1) is 42.4 Å². The topological polar surface area (TPSA) is 80.2 Å². The van der Waals surface area contributed by atoms with Gasteiger partial charge in [-0.3, -0.25) is 9.13 Å². The van der Waals surface area contributed by atoms with E-state index in [1.54, 1.807) is 33.4 Å². The average Bonchev–Trinajstić information content (AvgIpc) is 3.00. The smallest absolute Gasteiger partial charge is 0.329 e. The van der Waals surface area contributed by atoms with E-state index in [-0.39, 0.29) is 30.1 Å². The molecule has 0 saturated heterocycles. The monoisotopic (exact) mass is 395 g/mol. The number of nitriles is 1. The zero-order valence-electron chi connectivity index (χ0n) is 16.1. The molecule has 4 rings (SSSR count). The molecule has 1 fully saturated rings. The number of rotatable bonds is 4. The minimum Gasteiger partial charge on any atom is -0.494 e. The zero-order chi connectivity index (χ0) is 20.5. The molecule has 2 aromatic carbocycles. The molecule has 0 unspecified atom stereocenters. The summed E-state index contributed by atoms with van der Waals surface area (Å²) in [5.41, 5.74) is 2.31. The maximum Gasteiger partial charge on any atom is 0.329 e. The Balaban J connectivity index is 1.82. The number of aliphatic hydroxyl groups is 1. The van der Waals surface area contributed by atoms with Crippen LogP contribution in [0.4, 0.5) is 4.39 Å². The lowest BCUT2D eigenvalue weighted by molar-refractivity contribution is 0.110. The molecule has 0 aliphatic heterocycles. The van der Waals surface area contributed by atoms with Gasteiger partial charge in [-0.25, -0.2) is 9.18 Å². The normalized spacial score (nSPS) is 19.2. The number of ether oxygens (including phenoxy) is 1. The number of methoxy groups -OCH3 is 1. The zero-order valence-corrected chi connectivity index (χ0v) is 16.1. The van der Waals surface area contributed by atoms with Crippen LogP contribution in [0.1, 0.15) is 42.9 Å². The Bertz CT molecular complexity index is 1150. The number of aliphatic hydroxyl groups excluding tert-OH is 1. The molecule has 6 nitrogen and oxygen atoms in total. The van der Waals surface area contributed by atoms with E-state index in [1.807, 2.05) is 0 Å². The van der Waals surface area contributed by atoms with Crippen molar-refractivity contribution in [2.75, 3.05) is 7.11 Å². The highest BCUT2D eigenvalue weighted by atomic mass is 19.1. The summed E-state index contributed by atoms with van der Waals surface area (Å²) in [7, 11) is 1.40. The van der Waals surface area contributed by atoms with E-state index in [1.165, 1.54) is 19.2 Å². The second-order valence-corrected chi connectivity index (χ2v) is 7.49. The maximum absolute atomic E-state index is 14.1. The molecule has 29 heavy (non-hydrogen) atoms. The Morgan fingerprint density at radius 2 is 1.93 bits per heavy atom. The van der Waals surface area contributed by atoms with Crippen molar-refractivity contribution >= 4 is 11.0 Å². The van der Waals surface area contributed by atoms with Gasteiger partial charge in [0.1, 0.15) is 0 Å². The van der Waals surface area contributed by atoms with Crippen molar-refractivity contribution in [2.45, 2.75) is 44.4 Å². The van der Waals surface area contributed by atoms with Crippen molar-refractivity contribution in [3.63, 3.8) is 0 Å². The van der Waals surface area contributed by atoms with Crippen LogP contribution in [0.5, 0.6) is 5.75 Å². The first-order valence-corrected chi connectivity index (χ1v) is 9.67. The molecule has 0 bridgehead atoms. The molecule has 0 amide bonds. The summed E-state index contributed by atoms with van der Waals surface area (Å²) in [5.74, 6) is -0.336. The van der Waals surface area contributed by atoms with Crippen LogP contribution in [-0.2, 0) is 6.54 Å². The third-order valence-electron chi connectivity index (χ3n) is 5.68. The molecule has 0 atom stereocenters. The van der Waals surface area contributed by atoms with Gasteiger partial charge in [0.2, 0.25) is 0 Å². The lowest BCUT2D eigenvalue weighted by Gasteiger charge is -2.26. The Hall–Kier alpha value is -3.11. The molecule has 1 N–H and O–H groups in total. The maximum atomic E-state index is 14.1. The van der Waals surface area contributed by atoms with Crippen LogP contribution in [0, 0.1) is 17.1 Å². The van der Waals surface area contributed by atoms with Crippen LogP contribution in [0.25, 0.3) is 11.0 Å². The van der Waals surface area contributed by atoms with Crippen LogP contribution < -0.4 is 10.4 Å². The number of hydrogen-bond donors (Lipinski definition) is 1. The van der Waals surface area contributed by atoms with Crippen LogP contribution in [0.15, 0.2) is 41.2 Å². The molecule has 1 aromatic heterocycles. The van der Waals surface area contributed by atoms with Crippen LogP contribution >= 0.6 is 0 Å². The van der Waals surface area contributed by atoms with Crippen LogP contribution in [0.3, 0.4) is 0 Å². The SMILES string of the molecule is COc1ccc(Cn2c(=O)n(C3CCC(O)CC3)c3ccc(C#N)cc32)cc1F. The highest BCUT2D eigenvalue weighted by Crippen LogP contribution is 2.31. The molecule has 0 spiro atoms. The van der Waals surface area contributed by atoms with Gasteiger partial charge in [-0.1, -0.05) is 6.07 Å². The quantitative estimate of drug-likeness (QED) is 0.735. The van der Waals surface area contributed by atoms with Crippen LogP contribution in [0.2, 0.25) is 0 Å². The van der Waals surface area contributed by atoms with Crippen LogP contribution in [-0.4, -0.2) is 27.5 Å². The Labute approximate surface area is 167 Å². The van der Waals surface area contributed by atoms with Crippen molar-refractivity contribution in [3.8, 4) is 11.8 Å². The van der Waals surface area contributed by atoms with E-state index in [0.717, 1.165) is 18.4 Å². The molecule has 1 aliphatic rings. The molecule has 3 aromatic rings. The van der Waals surface area contributed by atoms with Gasteiger partial charge < -0.3 is 9.84 Å². The van der Waals surface area contributed by atoms with Crippen molar-refractivity contribution in [1.29, 1.82) is 5.26 Å². The highest BCUT2D eigenvalue weighted by molar-refractivity contribution is 5.78. The largest absolute Gasteiger partial charge is 0.494 e. The second-order valence-electron chi connectivity index (χ2n) is 7.49. The molecule has 1 saturated carbocycles. The summed E-state index contributed by atoms with van der Waals surface area (Å²) in [6.07, 6.45) is 2.44. The fraction of sp³-hybridized carbons (Fsp3) is 0.364. The van der Waals surface area contributed by atoms with Gasteiger partial charge in [-0.2, -0.15) is 5.26 Å². The lowest BCUT2D eigenvalue weighted by Crippen LogP contribution is -2.31. The van der Waals surface area contributed by atoms with Gasteiger partial charge >= 0.3 is 5.69 Å². The third kappa shape index (κ3) is 3.52. The molecule has 1 heterocycles. The fourth-order valence-electron chi connectivity index (χ4n) is 4.16. The Kier molecular flexibility index (Phi) is 5.12. The van der Waals surface area contributed by atoms with E-state index in [9.17, 15) is 19.6 Å². The Morgan fingerprint density at radius 1 is 1.17 bits per heavy atom. The number of halogens is 1. The number of fused-ring (bicyclic) bond motifs is 1. The number of imidazole rings is 1. The predicted octanol–water partition coefficient (Wildman–Crippen LogP) is 3.35. The summed E-state index contributed by atoms with van der Waals surface area (Å²) in [6, 6.07) is 11.9. The van der Waals surface area contributed by atoms with Crippen molar-refractivity contribution in [3.05, 3.63) is 63.8 Å². The van der Waals surface area contributed by atoms with Crippen molar-refractivity contribution in [1.82, 2.24) is 9.13 Å². The number of benzene rings is 2. The standard InChI is InChI=1S/C22H22FN3O3/c1-29-21-9-3-15(10-18(21)23)13-25-20-11-14(12-24)2-8-19(20)26(22(25)28)16-4-6-17(27)7-5-16/h2-3,8-11,16-17,27H,4-7,13H2,1H3. The number of aromatic nitrogens is 2. The van der Waals surface area contributed by atoms with E-state index in [4.69, 9.17) is 4.74 Å². The van der Waals surface area contributed by atoms with Gasteiger partial charge in [0, 0.05) is 6.04 Å². The van der Waals surface area contributed by atoms with Crippen molar-refractivity contribution in [2.24, 2.45) is 0 Å². The first-order chi connectivity index (χ1) is 14.0. The summed E-state index contributed by atoms with van der Waals surface area (Å²) in [5, 5.41) is 19.1. The molecule has 7 heteroatoms. The van der Waals surface area contributed by atoms with E-state index in [0.29, 0.717) is 29.5 Å². The predicted molar refractivity (Wildman–Crippen MR) is 106 cm³/mol. The van der Waals surface area contributed by atoms with Gasteiger partial charge in [0.25, 0.3) is 0 Å². The highest BCUT2D eigenvalue weighted by Gasteiger charge is 2.25.